The highest BCUT2D eigenvalue weighted by atomic mass is 32.1. The molecular weight excluding hydrogens is 382 g/mol. The molecule has 1 saturated heterocycles. The molecule has 0 spiro atoms. The van der Waals surface area contributed by atoms with Gasteiger partial charge < -0.3 is 10.2 Å². The van der Waals surface area contributed by atoms with Crippen molar-refractivity contribution in [2.24, 2.45) is 0 Å². The van der Waals surface area contributed by atoms with E-state index in [0.29, 0.717) is 24.3 Å². The van der Waals surface area contributed by atoms with Crippen molar-refractivity contribution >= 4 is 23.2 Å². The average Bonchev–Trinajstić information content (AvgIpc) is 3.23. The molecule has 0 bridgehead atoms. The van der Waals surface area contributed by atoms with Crippen molar-refractivity contribution in [1.29, 1.82) is 0 Å². The van der Waals surface area contributed by atoms with E-state index in [-0.39, 0.29) is 17.9 Å². The van der Waals surface area contributed by atoms with Crippen molar-refractivity contribution in [1.82, 2.24) is 15.2 Å². The van der Waals surface area contributed by atoms with Crippen LogP contribution in [0.3, 0.4) is 0 Å². The van der Waals surface area contributed by atoms with Crippen LogP contribution in [-0.4, -0.2) is 40.8 Å². The Balaban J connectivity index is 1.29. The molecule has 1 fully saturated rings. The first-order valence-corrected chi connectivity index (χ1v) is 10.7. The van der Waals surface area contributed by atoms with Gasteiger partial charge in [0, 0.05) is 36.5 Å². The fourth-order valence-corrected chi connectivity index (χ4v) is 4.31. The van der Waals surface area contributed by atoms with Crippen molar-refractivity contribution < 1.29 is 9.59 Å². The van der Waals surface area contributed by atoms with E-state index < -0.39 is 0 Å². The summed E-state index contributed by atoms with van der Waals surface area (Å²) in [6.45, 7) is 1.26. The summed E-state index contributed by atoms with van der Waals surface area (Å²) in [7, 11) is 0. The van der Waals surface area contributed by atoms with Crippen LogP contribution >= 0.6 is 11.3 Å². The number of rotatable bonds is 5. The zero-order valence-corrected chi connectivity index (χ0v) is 16.9. The SMILES string of the molecule is O=C(NC1CCN(C(=O)c2csc(Cc3ccccc3)n2)CC1)c1ccccc1. The number of piperidine rings is 1. The highest BCUT2D eigenvalue weighted by molar-refractivity contribution is 7.09. The molecule has 4 rings (SSSR count). The van der Waals surface area contributed by atoms with Crippen LogP contribution in [0.1, 0.15) is 44.3 Å². The number of thiazole rings is 1. The monoisotopic (exact) mass is 405 g/mol. The van der Waals surface area contributed by atoms with Crippen LogP contribution in [0.4, 0.5) is 0 Å². The van der Waals surface area contributed by atoms with E-state index in [2.05, 4.69) is 22.4 Å². The molecule has 5 nitrogen and oxygen atoms in total. The number of nitrogens with zero attached hydrogens (tertiary/aromatic N) is 2. The third kappa shape index (κ3) is 4.90. The summed E-state index contributed by atoms with van der Waals surface area (Å²) in [5.74, 6) is -0.0752. The predicted molar refractivity (Wildman–Crippen MR) is 114 cm³/mol. The fraction of sp³-hybridized carbons (Fsp3) is 0.261. The van der Waals surface area contributed by atoms with Crippen LogP contribution in [0.5, 0.6) is 0 Å². The average molecular weight is 406 g/mol. The van der Waals surface area contributed by atoms with Crippen LogP contribution in [0.15, 0.2) is 66.0 Å². The topological polar surface area (TPSA) is 62.3 Å². The minimum Gasteiger partial charge on any atom is -0.349 e. The minimum atomic E-state index is -0.0552. The first-order chi connectivity index (χ1) is 14.2. The van der Waals surface area contributed by atoms with E-state index in [0.717, 1.165) is 24.3 Å². The van der Waals surface area contributed by atoms with E-state index in [9.17, 15) is 9.59 Å². The minimum absolute atomic E-state index is 0.0200. The molecule has 0 aliphatic carbocycles. The Hall–Kier alpha value is -2.99. The second-order valence-corrected chi connectivity index (χ2v) is 8.14. The van der Waals surface area contributed by atoms with E-state index >= 15 is 0 Å². The van der Waals surface area contributed by atoms with Crippen molar-refractivity contribution in [2.45, 2.75) is 25.3 Å². The Bertz CT molecular complexity index is 964. The molecule has 0 unspecified atom stereocenters. The van der Waals surface area contributed by atoms with Crippen molar-refractivity contribution in [3.05, 3.63) is 87.9 Å². The molecule has 0 radical (unpaired) electrons. The Morgan fingerprint density at radius 1 is 1.00 bits per heavy atom. The van der Waals surface area contributed by atoms with Gasteiger partial charge in [0.15, 0.2) is 0 Å². The number of hydrogen-bond acceptors (Lipinski definition) is 4. The molecule has 2 heterocycles. The quantitative estimate of drug-likeness (QED) is 0.703. The summed E-state index contributed by atoms with van der Waals surface area (Å²) < 4.78 is 0. The molecule has 3 aromatic rings. The predicted octanol–water partition coefficient (Wildman–Crippen LogP) is 3.77. The fourth-order valence-electron chi connectivity index (χ4n) is 3.51. The van der Waals surface area contributed by atoms with Gasteiger partial charge >= 0.3 is 0 Å². The van der Waals surface area contributed by atoms with E-state index in [1.807, 2.05) is 58.8 Å². The van der Waals surface area contributed by atoms with Gasteiger partial charge in [0.2, 0.25) is 0 Å². The molecule has 1 aliphatic rings. The van der Waals surface area contributed by atoms with E-state index in [1.54, 1.807) is 0 Å². The summed E-state index contributed by atoms with van der Waals surface area (Å²) >= 11 is 1.53. The maximum Gasteiger partial charge on any atom is 0.273 e. The molecule has 148 valence electrons. The lowest BCUT2D eigenvalue weighted by atomic mass is 10.0. The molecule has 2 amide bonds. The molecule has 0 saturated carbocycles. The molecule has 0 atom stereocenters. The van der Waals surface area contributed by atoms with Gasteiger partial charge in [0.1, 0.15) is 5.69 Å². The summed E-state index contributed by atoms with van der Waals surface area (Å²) in [5.41, 5.74) is 2.38. The first kappa shape index (κ1) is 19.3. The first-order valence-electron chi connectivity index (χ1n) is 9.82. The molecule has 1 N–H and O–H groups in total. The van der Waals surface area contributed by atoms with Crippen molar-refractivity contribution in [2.75, 3.05) is 13.1 Å². The molecule has 6 heteroatoms. The number of carbonyl (C=O) groups is 2. The largest absolute Gasteiger partial charge is 0.349 e. The summed E-state index contributed by atoms with van der Waals surface area (Å²) in [5, 5.41) is 5.88. The number of benzene rings is 2. The number of likely N-dealkylation sites (tertiary alicyclic amines) is 1. The highest BCUT2D eigenvalue weighted by Gasteiger charge is 2.26. The number of hydrogen-bond donors (Lipinski definition) is 1. The molecule has 2 aromatic carbocycles. The van der Waals surface area contributed by atoms with Gasteiger partial charge in [-0.05, 0) is 30.5 Å². The second-order valence-electron chi connectivity index (χ2n) is 7.19. The Morgan fingerprint density at radius 3 is 2.34 bits per heavy atom. The third-order valence-corrected chi connectivity index (χ3v) is 5.97. The molecule has 1 aliphatic heterocycles. The molecular formula is C23H23N3O2S. The number of aromatic nitrogens is 1. The van der Waals surface area contributed by atoms with Crippen LogP contribution in [0.25, 0.3) is 0 Å². The van der Waals surface area contributed by atoms with Crippen LogP contribution in [0.2, 0.25) is 0 Å². The third-order valence-electron chi connectivity index (χ3n) is 5.12. The summed E-state index contributed by atoms with van der Waals surface area (Å²) in [6.07, 6.45) is 2.25. The zero-order valence-electron chi connectivity index (χ0n) is 16.1. The van der Waals surface area contributed by atoms with Crippen LogP contribution in [-0.2, 0) is 6.42 Å². The van der Waals surface area contributed by atoms with E-state index in [1.165, 1.54) is 16.9 Å². The van der Waals surface area contributed by atoms with Crippen molar-refractivity contribution in [3.63, 3.8) is 0 Å². The number of carbonyl (C=O) groups excluding carboxylic acids is 2. The van der Waals surface area contributed by atoms with Gasteiger partial charge in [-0.1, -0.05) is 48.5 Å². The molecule has 29 heavy (non-hydrogen) atoms. The lowest BCUT2D eigenvalue weighted by molar-refractivity contribution is 0.0693. The Kier molecular flexibility index (Phi) is 6.00. The van der Waals surface area contributed by atoms with Crippen LogP contribution in [0, 0.1) is 0 Å². The number of amides is 2. The maximum atomic E-state index is 12.8. The standard InChI is InChI=1S/C23H23N3O2S/c27-22(18-9-5-2-6-10-18)24-19-11-13-26(14-12-19)23(28)20-16-29-21(25-20)15-17-7-3-1-4-8-17/h1-10,16,19H,11-15H2,(H,24,27). The van der Waals surface area contributed by atoms with Gasteiger partial charge in [0.05, 0.1) is 5.01 Å². The van der Waals surface area contributed by atoms with Gasteiger partial charge in [-0.3, -0.25) is 9.59 Å². The van der Waals surface area contributed by atoms with Gasteiger partial charge in [-0.2, -0.15) is 0 Å². The maximum absolute atomic E-state index is 12.8. The van der Waals surface area contributed by atoms with E-state index in [4.69, 9.17) is 0 Å². The van der Waals surface area contributed by atoms with Crippen molar-refractivity contribution in [3.8, 4) is 0 Å². The lowest BCUT2D eigenvalue weighted by Gasteiger charge is -2.32. The summed E-state index contributed by atoms with van der Waals surface area (Å²) in [6, 6.07) is 19.5. The van der Waals surface area contributed by atoms with Crippen LogP contribution < -0.4 is 5.32 Å². The Labute approximate surface area is 174 Å². The zero-order chi connectivity index (χ0) is 20.1. The molecule has 1 aromatic heterocycles. The Morgan fingerprint density at radius 2 is 1.66 bits per heavy atom. The van der Waals surface area contributed by atoms with Gasteiger partial charge in [-0.25, -0.2) is 4.98 Å². The van der Waals surface area contributed by atoms with Gasteiger partial charge in [0.25, 0.3) is 11.8 Å². The summed E-state index contributed by atoms with van der Waals surface area (Å²) in [4.78, 5) is 31.5. The van der Waals surface area contributed by atoms with Gasteiger partial charge in [-0.15, -0.1) is 11.3 Å². The number of nitrogens with one attached hydrogen (secondary N) is 1. The second kappa shape index (κ2) is 9.01. The smallest absolute Gasteiger partial charge is 0.273 e. The highest BCUT2D eigenvalue weighted by Crippen LogP contribution is 2.19. The normalized spacial score (nSPS) is 14.6. The lowest BCUT2D eigenvalue weighted by Crippen LogP contribution is -2.46.